The van der Waals surface area contributed by atoms with Crippen LogP contribution in [-0.2, 0) is 0 Å². The molecule has 0 aliphatic carbocycles. The number of hydrogen-bond acceptors (Lipinski definition) is 5. The molecule has 1 saturated heterocycles. The smallest absolute Gasteiger partial charge is 0.267 e. The Morgan fingerprint density at radius 3 is 2.52 bits per heavy atom. The van der Waals surface area contributed by atoms with Gasteiger partial charge in [0, 0.05) is 24.3 Å². The number of carbonyl (C=O) groups is 2. The summed E-state index contributed by atoms with van der Waals surface area (Å²) in [5.74, 6) is -0.115. The Morgan fingerprint density at radius 2 is 1.85 bits per heavy atom. The molecule has 0 spiro atoms. The number of hydrogen-bond donors (Lipinski definition) is 1. The number of aromatic nitrogens is 1. The number of benzene rings is 1. The number of aryl methyl sites for hydroxylation is 1. The van der Waals surface area contributed by atoms with Crippen LogP contribution in [0.5, 0.6) is 0 Å². The van der Waals surface area contributed by atoms with Crippen molar-refractivity contribution in [3.8, 4) is 9.88 Å². The van der Waals surface area contributed by atoms with Crippen LogP contribution < -0.4 is 5.32 Å². The van der Waals surface area contributed by atoms with Crippen molar-refractivity contribution in [3.05, 3.63) is 57.9 Å². The van der Waals surface area contributed by atoms with E-state index in [4.69, 9.17) is 0 Å². The molecule has 0 saturated carbocycles. The van der Waals surface area contributed by atoms with Crippen LogP contribution in [-0.4, -0.2) is 34.8 Å². The molecule has 0 unspecified atom stereocenters. The van der Waals surface area contributed by atoms with E-state index in [0.717, 1.165) is 41.5 Å². The van der Waals surface area contributed by atoms with Crippen molar-refractivity contribution < 1.29 is 9.59 Å². The summed E-state index contributed by atoms with van der Waals surface area (Å²) < 4.78 is 0. The lowest BCUT2D eigenvalue weighted by molar-refractivity contribution is 0.0792. The number of rotatable bonds is 4. The molecule has 0 bridgehead atoms. The molecule has 138 valence electrons. The monoisotopic (exact) mass is 397 g/mol. The minimum Gasteiger partial charge on any atom is -0.339 e. The molecule has 4 rings (SSSR count). The predicted molar refractivity (Wildman–Crippen MR) is 110 cm³/mol. The maximum atomic E-state index is 12.6. The summed E-state index contributed by atoms with van der Waals surface area (Å²) in [6, 6.07) is 11.1. The lowest BCUT2D eigenvalue weighted by atomic mass is 10.2. The molecule has 2 amide bonds. The second-order valence-electron chi connectivity index (χ2n) is 6.44. The van der Waals surface area contributed by atoms with Gasteiger partial charge < -0.3 is 10.2 Å². The van der Waals surface area contributed by atoms with Gasteiger partial charge in [-0.2, -0.15) is 0 Å². The Kier molecular flexibility index (Phi) is 5.05. The van der Waals surface area contributed by atoms with E-state index >= 15 is 0 Å². The first-order valence-corrected chi connectivity index (χ1v) is 10.5. The van der Waals surface area contributed by atoms with Gasteiger partial charge in [0.2, 0.25) is 0 Å². The number of thiazole rings is 1. The number of carbonyl (C=O) groups excluding carboxylic acids is 2. The molecule has 3 heterocycles. The number of nitrogens with one attached hydrogen (secondary N) is 1. The average molecular weight is 398 g/mol. The van der Waals surface area contributed by atoms with Gasteiger partial charge in [-0.15, -0.1) is 22.7 Å². The third-order valence-corrected chi connectivity index (χ3v) is 6.71. The summed E-state index contributed by atoms with van der Waals surface area (Å²) in [7, 11) is 0. The number of anilines is 1. The van der Waals surface area contributed by atoms with E-state index in [1.807, 2.05) is 29.3 Å². The number of likely N-dealkylation sites (tertiary alicyclic amines) is 1. The van der Waals surface area contributed by atoms with Crippen LogP contribution in [0.2, 0.25) is 0 Å². The summed E-state index contributed by atoms with van der Waals surface area (Å²) >= 11 is 3.00. The summed E-state index contributed by atoms with van der Waals surface area (Å²) in [6.07, 6.45) is 2.14. The van der Waals surface area contributed by atoms with Gasteiger partial charge in [-0.1, -0.05) is 6.07 Å². The SMILES string of the molecule is Cc1nc(-c2cccs2)sc1C(=O)Nc1ccc(C(=O)N2CCCC2)cc1. The predicted octanol–water partition coefficient (Wildman–Crippen LogP) is 4.67. The van der Waals surface area contributed by atoms with Crippen molar-refractivity contribution >= 4 is 40.2 Å². The second kappa shape index (κ2) is 7.62. The fraction of sp³-hybridized carbons (Fsp3) is 0.250. The third kappa shape index (κ3) is 3.79. The topological polar surface area (TPSA) is 62.3 Å². The first-order chi connectivity index (χ1) is 13.1. The van der Waals surface area contributed by atoms with E-state index in [1.54, 1.807) is 35.6 Å². The van der Waals surface area contributed by atoms with Gasteiger partial charge in [0.25, 0.3) is 11.8 Å². The molecule has 27 heavy (non-hydrogen) atoms. The van der Waals surface area contributed by atoms with Crippen molar-refractivity contribution in [2.75, 3.05) is 18.4 Å². The molecule has 3 aromatic rings. The average Bonchev–Trinajstić information content (AvgIpc) is 3.43. The highest BCUT2D eigenvalue weighted by molar-refractivity contribution is 7.22. The Bertz CT molecular complexity index is 956. The summed E-state index contributed by atoms with van der Waals surface area (Å²) in [4.78, 5) is 33.1. The van der Waals surface area contributed by atoms with Gasteiger partial charge in [-0.05, 0) is 55.5 Å². The molecular weight excluding hydrogens is 378 g/mol. The third-order valence-electron chi connectivity index (χ3n) is 4.52. The molecular formula is C20H19N3O2S2. The molecule has 0 atom stereocenters. The Morgan fingerprint density at radius 1 is 1.11 bits per heavy atom. The van der Waals surface area contributed by atoms with Crippen molar-refractivity contribution in [1.82, 2.24) is 9.88 Å². The minimum atomic E-state index is -0.175. The highest BCUT2D eigenvalue weighted by Crippen LogP contribution is 2.31. The molecule has 1 fully saturated rings. The summed E-state index contributed by atoms with van der Waals surface area (Å²) in [6.45, 7) is 3.50. The van der Waals surface area contributed by atoms with E-state index in [2.05, 4.69) is 10.3 Å². The fourth-order valence-electron chi connectivity index (χ4n) is 3.10. The Hall–Kier alpha value is -2.51. The van der Waals surface area contributed by atoms with Gasteiger partial charge >= 0.3 is 0 Å². The normalized spacial score (nSPS) is 13.7. The first kappa shape index (κ1) is 17.9. The molecule has 5 nitrogen and oxygen atoms in total. The van der Waals surface area contributed by atoms with Gasteiger partial charge in [0.1, 0.15) is 9.88 Å². The van der Waals surface area contributed by atoms with Crippen molar-refractivity contribution in [1.29, 1.82) is 0 Å². The van der Waals surface area contributed by atoms with Gasteiger partial charge in [-0.25, -0.2) is 4.98 Å². The van der Waals surface area contributed by atoms with Crippen molar-refractivity contribution in [3.63, 3.8) is 0 Å². The molecule has 1 aliphatic heterocycles. The number of amides is 2. The van der Waals surface area contributed by atoms with E-state index in [-0.39, 0.29) is 11.8 Å². The van der Waals surface area contributed by atoms with Gasteiger partial charge in [0.05, 0.1) is 10.6 Å². The first-order valence-electron chi connectivity index (χ1n) is 8.84. The van der Waals surface area contributed by atoms with Crippen LogP contribution in [0.15, 0.2) is 41.8 Å². The maximum absolute atomic E-state index is 12.6. The fourth-order valence-corrected chi connectivity index (χ4v) is 4.86. The second-order valence-corrected chi connectivity index (χ2v) is 8.39. The van der Waals surface area contributed by atoms with Crippen LogP contribution in [0.25, 0.3) is 9.88 Å². The Balaban J connectivity index is 1.46. The lowest BCUT2D eigenvalue weighted by Gasteiger charge is -2.15. The molecule has 1 aromatic carbocycles. The molecule has 1 aliphatic rings. The number of thiophene rings is 1. The zero-order valence-corrected chi connectivity index (χ0v) is 16.5. The highest BCUT2D eigenvalue weighted by atomic mass is 32.1. The van der Waals surface area contributed by atoms with E-state index in [0.29, 0.717) is 16.1 Å². The summed E-state index contributed by atoms with van der Waals surface area (Å²) in [5.41, 5.74) is 2.05. The zero-order chi connectivity index (χ0) is 18.8. The standard InChI is InChI=1S/C20H19N3O2S2/c1-13-17(27-19(21-13)16-5-4-12-26-16)18(24)22-15-8-6-14(7-9-15)20(25)23-10-2-3-11-23/h4-9,12H,2-3,10-11H2,1H3,(H,22,24). The van der Waals surface area contributed by atoms with Crippen molar-refractivity contribution in [2.45, 2.75) is 19.8 Å². The van der Waals surface area contributed by atoms with E-state index in [1.165, 1.54) is 11.3 Å². The van der Waals surface area contributed by atoms with E-state index in [9.17, 15) is 9.59 Å². The zero-order valence-electron chi connectivity index (χ0n) is 14.9. The van der Waals surface area contributed by atoms with Crippen LogP contribution in [0.3, 0.4) is 0 Å². The quantitative estimate of drug-likeness (QED) is 0.696. The minimum absolute atomic E-state index is 0.0595. The number of nitrogens with zero attached hydrogens (tertiary/aromatic N) is 2. The Labute approximate surface area is 165 Å². The van der Waals surface area contributed by atoms with Crippen LogP contribution >= 0.6 is 22.7 Å². The van der Waals surface area contributed by atoms with Gasteiger partial charge in [0.15, 0.2) is 0 Å². The lowest BCUT2D eigenvalue weighted by Crippen LogP contribution is -2.27. The molecule has 2 aromatic heterocycles. The van der Waals surface area contributed by atoms with Crippen LogP contribution in [0.1, 0.15) is 38.6 Å². The molecule has 1 N–H and O–H groups in total. The summed E-state index contributed by atoms with van der Waals surface area (Å²) in [5, 5.41) is 5.76. The van der Waals surface area contributed by atoms with E-state index < -0.39 is 0 Å². The molecule has 0 radical (unpaired) electrons. The van der Waals surface area contributed by atoms with Crippen LogP contribution in [0, 0.1) is 6.92 Å². The van der Waals surface area contributed by atoms with Crippen molar-refractivity contribution in [2.24, 2.45) is 0 Å². The molecule has 7 heteroatoms. The van der Waals surface area contributed by atoms with Crippen LogP contribution in [0.4, 0.5) is 5.69 Å². The maximum Gasteiger partial charge on any atom is 0.267 e. The largest absolute Gasteiger partial charge is 0.339 e. The highest BCUT2D eigenvalue weighted by Gasteiger charge is 2.20. The van der Waals surface area contributed by atoms with Gasteiger partial charge in [-0.3, -0.25) is 9.59 Å².